The number of carbonyl (C=O) groups excluding carboxylic acids is 1. The zero-order chi connectivity index (χ0) is 17.1. The van der Waals surface area contributed by atoms with Crippen LogP contribution in [-0.4, -0.2) is 28.0 Å². The second kappa shape index (κ2) is 6.45. The topological polar surface area (TPSA) is 103 Å². The van der Waals surface area contributed by atoms with Gasteiger partial charge in [0, 0.05) is 5.39 Å². The standard InChI is InChI=1S/C16H14FN5O2/c1-24-11-6-3-5-10-13(11)21-16(18)22-14(10)15(23)19-8-9-4-2-7-12(17)20-9/h2-7H,8H2,1H3,(H,19,23)(H2,18,21,22). The van der Waals surface area contributed by atoms with E-state index in [9.17, 15) is 9.18 Å². The Balaban J connectivity index is 1.92. The lowest BCUT2D eigenvalue weighted by Crippen LogP contribution is -2.25. The molecule has 24 heavy (non-hydrogen) atoms. The molecule has 122 valence electrons. The smallest absolute Gasteiger partial charge is 0.271 e. The van der Waals surface area contributed by atoms with Gasteiger partial charge < -0.3 is 15.8 Å². The first-order valence-electron chi connectivity index (χ1n) is 7.08. The van der Waals surface area contributed by atoms with Gasteiger partial charge in [-0.3, -0.25) is 4.79 Å². The third-order valence-corrected chi connectivity index (χ3v) is 3.34. The molecule has 3 N–H and O–H groups in total. The third kappa shape index (κ3) is 3.07. The van der Waals surface area contributed by atoms with E-state index in [1.54, 1.807) is 24.3 Å². The molecule has 0 aliphatic rings. The lowest BCUT2D eigenvalue weighted by molar-refractivity contribution is 0.0947. The number of nitrogens with two attached hydrogens (primary N) is 1. The summed E-state index contributed by atoms with van der Waals surface area (Å²) in [6.45, 7) is 0.0615. The molecule has 1 amide bonds. The number of nitrogens with zero attached hydrogens (tertiary/aromatic N) is 3. The molecule has 0 atom stereocenters. The van der Waals surface area contributed by atoms with Crippen molar-refractivity contribution in [2.45, 2.75) is 6.54 Å². The summed E-state index contributed by atoms with van der Waals surface area (Å²) in [6.07, 6.45) is 0. The van der Waals surface area contributed by atoms with Crippen LogP contribution in [0.3, 0.4) is 0 Å². The highest BCUT2D eigenvalue weighted by Gasteiger charge is 2.16. The van der Waals surface area contributed by atoms with Crippen molar-refractivity contribution in [1.82, 2.24) is 20.3 Å². The number of hydrogen-bond acceptors (Lipinski definition) is 6. The van der Waals surface area contributed by atoms with E-state index in [0.29, 0.717) is 22.3 Å². The van der Waals surface area contributed by atoms with Gasteiger partial charge in [0.2, 0.25) is 11.9 Å². The van der Waals surface area contributed by atoms with Crippen LogP contribution in [0.1, 0.15) is 16.2 Å². The fraction of sp³-hybridized carbons (Fsp3) is 0.125. The number of fused-ring (bicyclic) bond motifs is 1. The number of nitrogen functional groups attached to an aromatic ring is 1. The van der Waals surface area contributed by atoms with Crippen LogP contribution in [0.2, 0.25) is 0 Å². The number of amides is 1. The third-order valence-electron chi connectivity index (χ3n) is 3.34. The van der Waals surface area contributed by atoms with E-state index < -0.39 is 11.9 Å². The number of para-hydroxylation sites is 1. The summed E-state index contributed by atoms with van der Waals surface area (Å²) in [7, 11) is 1.50. The number of halogens is 1. The first kappa shape index (κ1) is 15.6. The zero-order valence-corrected chi connectivity index (χ0v) is 12.8. The summed E-state index contributed by atoms with van der Waals surface area (Å²) < 4.78 is 18.3. The maximum Gasteiger partial charge on any atom is 0.271 e. The van der Waals surface area contributed by atoms with Gasteiger partial charge >= 0.3 is 0 Å². The number of pyridine rings is 1. The Morgan fingerprint density at radius 1 is 1.21 bits per heavy atom. The molecule has 3 rings (SSSR count). The van der Waals surface area contributed by atoms with Gasteiger partial charge in [-0.1, -0.05) is 18.2 Å². The number of methoxy groups -OCH3 is 1. The Morgan fingerprint density at radius 2 is 2.00 bits per heavy atom. The molecule has 3 aromatic rings. The van der Waals surface area contributed by atoms with Crippen LogP contribution in [0.4, 0.5) is 10.3 Å². The molecule has 2 heterocycles. The van der Waals surface area contributed by atoms with E-state index in [4.69, 9.17) is 10.5 Å². The largest absolute Gasteiger partial charge is 0.494 e. The first-order valence-corrected chi connectivity index (χ1v) is 7.08. The monoisotopic (exact) mass is 327 g/mol. The quantitative estimate of drug-likeness (QED) is 0.707. The molecular weight excluding hydrogens is 313 g/mol. The number of nitrogens with one attached hydrogen (secondary N) is 1. The Kier molecular flexibility index (Phi) is 4.19. The molecule has 7 nitrogen and oxygen atoms in total. The van der Waals surface area contributed by atoms with Gasteiger partial charge in [-0.25, -0.2) is 15.0 Å². The SMILES string of the molecule is COc1cccc2c(C(=O)NCc3cccc(F)n3)nc(N)nc12. The number of anilines is 1. The molecule has 0 spiro atoms. The number of carbonyl (C=O) groups is 1. The highest BCUT2D eigenvalue weighted by atomic mass is 19.1. The van der Waals surface area contributed by atoms with E-state index in [1.807, 2.05) is 0 Å². The minimum Gasteiger partial charge on any atom is -0.494 e. The van der Waals surface area contributed by atoms with E-state index >= 15 is 0 Å². The van der Waals surface area contributed by atoms with Gasteiger partial charge in [-0.05, 0) is 18.2 Å². The molecule has 0 unspecified atom stereocenters. The Morgan fingerprint density at radius 3 is 2.75 bits per heavy atom. The second-order valence-corrected chi connectivity index (χ2v) is 4.92. The van der Waals surface area contributed by atoms with Crippen molar-refractivity contribution in [3.63, 3.8) is 0 Å². The average Bonchev–Trinajstić information content (AvgIpc) is 2.58. The molecule has 0 radical (unpaired) electrons. The van der Waals surface area contributed by atoms with Gasteiger partial charge in [0.05, 0.1) is 19.3 Å². The minimum atomic E-state index is -0.608. The van der Waals surface area contributed by atoms with Crippen molar-refractivity contribution in [2.75, 3.05) is 12.8 Å². The molecule has 8 heteroatoms. The maximum absolute atomic E-state index is 13.1. The van der Waals surface area contributed by atoms with E-state index in [0.717, 1.165) is 0 Å². The number of ether oxygens (including phenoxy) is 1. The van der Waals surface area contributed by atoms with E-state index in [2.05, 4.69) is 20.3 Å². The van der Waals surface area contributed by atoms with Crippen molar-refractivity contribution in [1.29, 1.82) is 0 Å². The molecule has 0 aliphatic heterocycles. The fourth-order valence-electron chi connectivity index (χ4n) is 2.28. The molecule has 2 aromatic heterocycles. The van der Waals surface area contributed by atoms with E-state index in [-0.39, 0.29) is 18.2 Å². The first-order chi connectivity index (χ1) is 11.6. The maximum atomic E-state index is 13.1. The number of hydrogen-bond donors (Lipinski definition) is 2. The lowest BCUT2D eigenvalue weighted by Gasteiger charge is -2.10. The van der Waals surface area contributed by atoms with Crippen LogP contribution >= 0.6 is 0 Å². The minimum absolute atomic E-state index is 0.0407. The average molecular weight is 327 g/mol. The van der Waals surface area contributed by atoms with Gasteiger partial charge in [-0.15, -0.1) is 0 Å². The molecule has 0 saturated carbocycles. The van der Waals surface area contributed by atoms with Crippen molar-refractivity contribution in [3.05, 3.63) is 53.7 Å². The van der Waals surface area contributed by atoms with Crippen LogP contribution in [0.15, 0.2) is 36.4 Å². The predicted molar refractivity (Wildman–Crippen MR) is 85.9 cm³/mol. The lowest BCUT2D eigenvalue weighted by atomic mass is 10.1. The Bertz CT molecular complexity index is 916. The zero-order valence-electron chi connectivity index (χ0n) is 12.8. The number of rotatable bonds is 4. The molecule has 0 bridgehead atoms. The molecule has 0 aliphatic carbocycles. The summed E-state index contributed by atoms with van der Waals surface area (Å²) in [5, 5.41) is 3.15. The second-order valence-electron chi connectivity index (χ2n) is 4.92. The van der Waals surface area contributed by atoms with Crippen LogP contribution < -0.4 is 15.8 Å². The Labute approximate surface area is 136 Å². The molecule has 0 fully saturated rings. The van der Waals surface area contributed by atoms with Crippen LogP contribution in [0.5, 0.6) is 5.75 Å². The summed E-state index contributed by atoms with van der Waals surface area (Å²) in [4.78, 5) is 24.3. The van der Waals surface area contributed by atoms with Gasteiger partial charge in [0.15, 0.2) is 0 Å². The van der Waals surface area contributed by atoms with Crippen molar-refractivity contribution in [2.24, 2.45) is 0 Å². The molecular formula is C16H14FN5O2. The summed E-state index contributed by atoms with van der Waals surface area (Å²) in [5.41, 5.74) is 6.65. The van der Waals surface area contributed by atoms with Gasteiger partial charge in [-0.2, -0.15) is 4.39 Å². The number of aromatic nitrogens is 3. The van der Waals surface area contributed by atoms with Crippen LogP contribution in [0, 0.1) is 5.95 Å². The van der Waals surface area contributed by atoms with Gasteiger partial charge in [0.1, 0.15) is 17.0 Å². The predicted octanol–water partition coefficient (Wildman–Crippen LogP) is 1.68. The van der Waals surface area contributed by atoms with Crippen molar-refractivity contribution >= 4 is 22.8 Å². The van der Waals surface area contributed by atoms with Crippen molar-refractivity contribution in [3.8, 4) is 5.75 Å². The van der Waals surface area contributed by atoms with Crippen molar-refractivity contribution < 1.29 is 13.9 Å². The van der Waals surface area contributed by atoms with Crippen LogP contribution in [0.25, 0.3) is 10.9 Å². The highest BCUT2D eigenvalue weighted by molar-refractivity contribution is 6.05. The van der Waals surface area contributed by atoms with Crippen LogP contribution in [-0.2, 0) is 6.54 Å². The molecule has 0 saturated heterocycles. The van der Waals surface area contributed by atoms with E-state index in [1.165, 1.54) is 19.2 Å². The molecule has 1 aromatic carbocycles. The van der Waals surface area contributed by atoms with Gasteiger partial charge in [0.25, 0.3) is 5.91 Å². The Hall–Kier alpha value is -3.29. The summed E-state index contributed by atoms with van der Waals surface area (Å²) in [6, 6.07) is 9.51. The normalized spacial score (nSPS) is 10.6. The summed E-state index contributed by atoms with van der Waals surface area (Å²) >= 11 is 0. The highest BCUT2D eigenvalue weighted by Crippen LogP contribution is 2.26. The summed E-state index contributed by atoms with van der Waals surface area (Å²) in [5.74, 6) is -0.625. The fourth-order valence-corrected chi connectivity index (χ4v) is 2.28. The number of benzene rings is 1.